The van der Waals surface area contributed by atoms with Gasteiger partial charge in [0.15, 0.2) is 0 Å². The molecule has 0 aliphatic carbocycles. The maximum Gasteiger partial charge on any atom is 0.250 e. The molecule has 1 aliphatic rings. The van der Waals surface area contributed by atoms with E-state index in [1.54, 1.807) is 47.6 Å². The van der Waals surface area contributed by atoms with Gasteiger partial charge in [0.25, 0.3) is 10.0 Å². The predicted molar refractivity (Wildman–Crippen MR) is 124 cm³/mol. The summed E-state index contributed by atoms with van der Waals surface area (Å²) in [5.74, 6) is -0.345. The number of carbonyl (C=O) groups excluding carboxylic acids is 1. The molecule has 0 radical (unpaired) electrons. The zero-order valence-corrected chi connectivity index (χ0v) is 19.2. The third-order valence-corrected chi connectivity index (χ3v) is 8.60. The second-order valence-electron chi connectivity index (χ2n) is 7.32. The Morgan fingerprint density at radius 2 is 2.12 bits per heavy atom. The first-order chi connectivity index (χ1) is 15.2. The van der Waals surface area contributed by atoms with Crippen molar-refractivity contribution in [3.8, 4) is 10.4 Å². The van der Waals surface area contributed by atoms with Gasteiger partial charge in [-0.2, -0.15) is 4.72 Å². The number of hydrogen-bond donors (Lipinski definition) is 3. The number of pyridine rings is 1. The van der Waals surface area contributed by atoms with Crippen molar-refractivity contribution in [1.29, 1.82) is 5.41 Å². The number of hydrogen-bond acceptors (Lipinski definition) is 6. The van der Waals surface area contributed by atoms with Crippen LogP contribution in [0.2, 0.25) is 5.02 Å². The first kappa shape index (κ1) is 22.4. The molecule has 1 aromatic carbocycles. The summed E-state index contributed by atoms with van der Waals surface area (Å²) >= 11 is 7.30. The largest absolute Gasteiger partial charge is 0.384 e. The van der Waals surface area contributed by atoms with E-state index < -0.39 is 16.1 Å². The summed E-state index contributed by atoms with van der Waals surface area (Å²) in [6.07, 6.45) is 3.60. The van der Waals surface area contributed by atoms with Gasteiger partial charge in [-0.25, -0.2) is 8.42 Å². The number of nitrogens with zero attached hydrogens (tertiary/aromatic N) is 2. The number of likely N-dealkylation sites (tertiary alicyclic amines) is 1. The Hall–Kier alpha value is -2.79. The Bertz CT molecular complexity index is 1280. The van der Waals surface area contributed by atoms with Crippen molar-refractivity contribution in [3.63, 3.8) is 0 Å². The van der Waals surface area contributed by atoms with Gasteiger partial charge in [-0.15, -0.1) is 11.3 Å². The van der Waals surface area contributed by atoms with Crippen molar-refractivity contribution in [1.82, 2.24) is 14.6 Å². The van der Waals surface area contributed by atoms with E-state index in [0.717, 1.165) is 22.5 Å². The third kappa shape index (κ3) is 4.68. The lowest BCUT2D eigenvalue weighted by Crippen LogP contribution is -2.41. The predicted octanol–water partition coefficient (Wildman–Crippen LogP) is 2.83. The molecule has 0 spiro atoms. The number of nitrogens with one attached hydrogen (secondary N) is 2. The van der Waals surface area contributed by atoms with Gasteiger partial charge in [0.05, 0.1) is 9.90 Å². The molecule has 166 valence electrons. The molecule has 1 atom stereocenters. The van der Waals surface area contributed by atoms with Crippen molar-refractivity contribution in [2.45, 2.75) is 23.2 Å². The average Bonchev–Trinajstić information content (AvgIpc) is 3.32. The molecule has 2 aromatic heterocycles. The highest BCUT2D eigenvalue weighted by Crippen LogP contribution is 2.38. The van der Waals surface area contributed by atoms with E-state index in [0.29, 0.717) is 35.0 Å². The molecule has 4 N–H and O–H groups in total. The van der Waals surface area contributed by atoms with Crippen LogP contribution in [0.3, 0.4) is 0 Å². The number of benzene rings is 1. The van der Waals surface area contributed by atoms with Gasteiger partial charge in [-0.3, -0.25) is 15.2 Å². The number of sulfonamides is 1. The topological polar surface area (TPSA) is 129 Å². The summed E-state index contributed by atoms with van der Waals surface area (Å²) in [5.41, 5.74) is 7.65. The van der Waals surface area contributed by atoms with Gasteiger partial charge >= 0.3 is 0 Å². The van der Waals surface area contributed by atoms with Gasteiger partial charge in [0.2, 0.25) is 5.91 Å². The number of aromatic nitrogens is 1. The van der Waals surface area contributed by atoms with Gasteiger partial charge in [-0.05, 0) is 30.2 Å². The number of nitrogens with two attached hydrogens (primary N) is 1. The fraction of sp³-hybridized carbons (Fsp3) is 0.190. The lowest BCUT2D eigenvalue weighted by atomic mass is 10.1. The van der Waals surface area contributed by atoms with Crippen LogP contribution in [0.1, 0.15) is 17.5 Å². The minimum Gasteiger partial charge on any atom is -0.384 e. The smallest absolute Gasteiger partial charge is 0.250 e. The van der Waals surface area contributed by atoms with Gasteiger partial charge < -0.3 is 10.6 Å². The number of halogens is 1. The highest BCUT2D eigenvalue weighted by Gasteiger charge is 2.35. The summed E-state index contributed by atoms with van der Waals surface area (Å²) in [5, 5.41) is 7.86. The van der Waals surface area contributed by atoms with Gasteiger partial charge in [-0.1, -0.05) is 35.9 Å². The van der Waals surface area contributed by atoms with Crippen LogP contribution in [0.4, 0.5) is 0 Å². The molecule has 0 saturated carbocycles. The summed E-state index contributed by atoms with van der Waals surface area (Å²) < 4.78 is 28.4. The second kappa shape index (κ2) is 8.99. The number of carbonyl (C=O) groups is 1. The Morgan fingerprint density at radius 1 is 1.31 bits per heavy atom. The van der Waals surface area contributed by atoms with Crippen molar-refractivity contribution in [2.24, 2.45) is 5.73 Å². The highest BCUT2D eigenvalue weighted by molar-refractivity contribution is 7.91. The molecule has 11 heteroatoms. The fourth-order valence-corrected chi connectivity index (χ4v) is 6.53. The molecule has 0 bridgehead atoms. The monoisotopic (exact) mass is 489 g/mol. The SMILES string of the molecule is N=C(N)c1cccc(CN2CCC(NS(=O)(=O)c3cc(Cl)c(-c4cccnc4)s3)C2=O)c1. The standard InChI is InChI=1S/C21H20ClN5O3S2/c22-16-10-18(31-19(16)15-5-2-7-25-11-15)32(29,30)26-17-6-8-27(21(17)28)12-13-3-1-4-14(9-13)20(23)24/h1-5,7,9-11,17,26H,6,8,12H2,(H3,23,24). The molecule has 1 unspecified atom stereocenters. The lowest BCUT2D eigenvalue weighted by Gasteiger charge is -2.17. The average molecular weight is 490 g/mol. The van der Waals surface area contributed by atoms with Crippen LogP contribution in [-0.2, 0) is 21.4 Å². The summed E-state index contributed by atoms with van der Waals surface area (Å²) in [6.45, 7) is 0.733. The Labute approximate surface area is 194 Å². The Kier molecular flexibility index (Phi) is 6.29. The molecule has 4 rings (SSSR count). The number of thiophene rings is 1. The number of nitrogen functional groups attached to an aromatic ring is 1. The number of amidine groups is 1. The summed E-state index contributed by atoms with van der Waals surface area (Å²) in [6, 6.07) is 11.2. The van der Waals surface area contributed by atoms with Crippen LogP contribution in [0.25, 0.3) is 10.4 Å². The van der Waals surface area contributed by atoms with Crippen LogP contribution in [0.15, 0.2) is 59.1 Å². The Morgan fingerprint density at radius 3 is 2.84 bits per heavy atom. The maximum atomic E-state index is 12.9. The van der Waals surface area contributed by atoms with E-state index in [4.69, 9.17) is 22.7 Å². The normalized spacial score (nSPS) is 16.5. The van der Waals surface area contributed by atoms with E-state index >= 15 is 0 Å². The van der Waals surface area contributed by atoms with E-state index in [1.165, 1.54) is 6.07 Å². The van der Waals surface area contributed by atoms with E-state index in [1.807, 2.05) is 6.07 Å². The third-order valence-electron chi connectivity index (χ3n) is 5.06. The minimum absolute atomic E-state index is 0.0433. The molecule has 1 amide bonds. The molecule has 8 nitrogen and oxygen atoms in total. The van der Waals surface area contributed by atoms with Crippen molar-refractivity contribution < 1.29 is 13.2 Å². The molecular weight excluding hydrogens is 470 g/mol. The molecule has 3 aromatic rings. The van der Waals surface area contributed by atoms with E-state index in [-0.39, 0.29) is 16.0 Å². The zero-order chi connectivity index (χ0) is 22.9. The first-order valence-electron chi connectivity index (χ1n) is 9.69. The van der Waals surface area contributed by atoms with Gasteiger partial charge in [0.1, 0.15) is 16.1 Å². The molecule has 1 fully saturated rings. The van der Waals surface area contributed by atoms with Crippen molar-refractivity contribution in [3.05, 3.63) is 71.0 Å². The molecule has 32 heavy (non-hydrogen) atoms. The highest BCUT2D eigenvalue weighted by atomic mass is 35.5. The Balaban J connectivity index is 1.47. The number of rotatable bonds is 7. The zero-order valence-electron chi connectivity index (χ0n) is 16.8. The van der Waals surface area contributed by atoms with Crippen LogP contribution in [0, 0.1) is 5.41 Å². The van der Waals surface area contributed by atoms with Crippen molar-refractivity contribution in [2.75, 3.05) is 6.54 Å². The fourth-order valence-electron chi connectivity index (χ4n) is 3.48. The minimum atomic E-state index is -3.93. The van der Waals surface area contributed by atoms with Gasteiger partial charge in [0, 0.05) is 36.6 Å². The summed E-state index contributed by atoms with van der Waals surface area (Å²) in [7, 11) is -3.93. The van der Waals surface area contributed by atoms with Crippen molar-refractivity contribution >= 4 is 44.7 Å². The van der Waals surface area contributed by atoms with Crippen LogP contribution in [-0.4, -0.2) is 42.6 Å². The molecule has 3 heterocycles. The number of amides is 1. The molecular formula is C21H20ClN5O3S2. The van der Waals surface area contributed by atoms with Crippen LogP contribution in [0.5, 0.6) is 0 Å². The van der Waals surface area contributed by atoms with E-state index in [9.17, 15) is 13.2 Å². The van der Waals surface area contributed by atoms with E-state index in [2.05, 4.69) is 9.71 Å². The second-order valence-corrected chi connectivity index (χ2v) is 10.7. The first-order valence-corrected chi connectivity index (χ1v) is 12.4. The maximum absolute atomic E-state index is 12.9. The molecule has 1 saturated heterocycles. The van der Waals surface area contributed by atoms with Crippen LogP contribution >= 0.6 is 22.9 Å². The quantitative estimate of drug-likeness (QED) is 0.347. The molecule has 1 aliphatic heterocycles. The van der Waals surface area contributed by atoms with Crippen LogP contribution < -0.4 is 10.5 Å². The summed E-state index contributed by atoms with van der Waals surface area (Å²) in [4.78, 5) is 19.1. The lowest BCUT2D eigenvalue weighted by molar-refractivity contribution is -0.129.